The van der Waals surface area contributed by atoms with Crippen molar-refractivity contribution in [2.75, 3.05) is 12.3 Å². The number of aromatic nitrogens is 4. The normalized spacial score (nSPS) is 10.6. The summed E-state index contributed by atoms with van der Waals surface area (Å²) in [5, 5.41) is 16.2. The number of ether oxygens (including phenoxy) is 1. The first-order chi connectivity index (χ1) is 16.2. The van der Waals surface area contributed by atoms with Gasteiger partial charge in [0.15, 0.2) is 0 Å². The van der Waals surface area contributed by atoms with Crippen molar-refractivity contribution in [2.45, 2.75) is 24.7 Å². The predicted octanol–water partition coefficient (Wildman–Crippen LogP) is 5.84. The van der Waals surface area contributed by atoms with Crippen LogP contribution >= 0.6 is 40.1 Å². The summed E-state index contributed by atoms with van der Waals surface area (Å²) in [5.41, 5.74) is 2.50. The van der Waals surface area contributed by atoms with Crippen LogP contribution in [0.25, 0.3) is 5.69 Å². The first-order valence-corrected chi connectivity index (χ1v) is 12.3. The molecule has 0 aliphatic carbocycles. The molecule has 10 heteroatoms. The third-order valence-electron chi connectivity index (χ3n) is 4.85. The number of para-hydroxylation sites is 1. The summed E-state index contributed by atoms with van der Waals surface area (Å²) in [5.74, 6) is 1.37. The second kappa shape index (κ2) is 13.4. The number of rotatable bonds is 11. The number of benzene rings is 3. The summed E-state index contributed by atoms with van der Waals surface area (Å²) >= 11 is 5.14. The Bertz CT molecular complexity index is 1180. The summed E-state index contributed by atoms with van der Waals surface area (Å²) in [6.07, 6.45) is 0.950. The Morgan fingerprint density at radius 2 is 1.79 bits per heavy atom. The van der Waals surface area contributed by atoms with Gasteiger partial charge in [-0.05, 0) is 59.8 Å². The molecule has 0 spiro atoms. The van der Waals surface area contributed by atoms with Gasteiger partial charge in [-0.3, -0.25) is 0 Å². The third-order valence-corrected chi connectivity index (χ3v) is 6.35. The molecule has 178 valence electrons. The van der Waals surface area contributed by atoms with Crippen LogP contribution in [0, 0.1) is 5.82 Å². The van der Waals surface area contributed by atoms with Crippen LogP contribution in [0.1, 0.15) is 17.5 Å². The van der Waals surface area contributed by atoms with Gasteiger partial charge in [0.1, 0.15) is 18.2 Å². The number of hydrogen-bond acceptors (Lipinski definition) is 6. The first-order valence-electron chi connectivity index (χ1n) is 10.5. The number of hydrogen-bond donors (Lipinski definition) is 1. The molecule has 6 nitrogen and oxygen atoms in total. The Hall–Kier alpha value is -2.46. The monoisotopic (exact) mass is 563 g/mol. The lowest BCUT2D eigenvalue weighted by atomic mass is 10.2. The number of halogens is 3. The van der Waals surface area contributed by atoms with Crippen LogP contribution in [0.15, 0.2) is 82.4 Å². The van der Waals surface area contributed by atoms with Crippen molar-refractivity contribution in [2.24, 2.45) is 0 Å². The molecule has 0 aliphatic rings. The number of tetrazole rings is 1. The van der Waals surface area contributed by atoms with E-state index < -0.39 is 0 Å². The predicted molar refractivity (Wildman–Crippen MR) is 138 cm³/mol. The van der Waals surface area contributed by atoms with Crippen LogP contribution in [0.5, 0.6) is 5.75 Å². The highest BCUT2D eigenvalue weighted by Crippen LogP contribution is 2.25. The molecule has 0 bridgehead atoms. The molecule has 4 aromatic rings. The van der Waals surface area contributed by atoms with Gasteiger partial charge in [-0.2, -0.15) is 4.68 Å². The van der Waals surface area contributed by atoms with Gasteiger partial charge in [-0.1, -0.05) is 64.1 Å². The van der Waals surface area contributed by atoms with Gasteiger partial charge in [0.05, 0.1) is 5.69 Å². The zero-order chi connectivity index (χ0) is 22.9. The molecule has 0 fully saturated rings. The minimum Gasteiger partial charge on any atom is -0.488 e. The standard InChI is InChI=1S/C24H23BrFN5OS.ClH/c25-20-11-12-23(32-17-18-7-4-5-10-22(18)26)19(15-20)16-27-13-6-14-33-24-28-29-30-31(24)21-8-2-1-3-9-21;/h1-5,7-12,15,27H,6,13-14,16-17H2;1H. The molecular formula is C24H24BrClFN5OS. The van der Waals surface area contributed by atoms with Crippen molar-refractivity contribution in [3.05, 3.63) is 94.2 Å². The second-order valence-electron chi connectivity index (χ2n) is 7.22. The number of nitrogens with one attached hydrogen (secondary N) is 1. The smallest absolute Gasteiger partial charge is 0.214 e. The quantitative estimate of drug-likeness (QED) is 0.182. The molecule has 0 unspecified atom stereocenters. The molecule has 1 aromatic heterocycles. The Labute approximate surface area is 216 Å². The minimum absolute atomic E-state index is 0. The molecule has 4 rings (SSSR count). The van der Waals surface area contributed by atoms with E-state index in [0.29, 0.717) is 12.1 Å². The molecule has 0 saturated carbocycles. The fourth-order valence-corrected chi connectivity index (χ4v) is 4.42. The largest absolute Gasteiger partial charge is 0.488 e. The van der Waals surface area contributed by atoms with E-state index in [1.165, 1.54) is 6.07 Å². The molecule has 1 N–H and O–H groups in total. The average Bonchev–Trinajstić information content (AvgIpc) is 3.31. The molecule has 34 heavy (non-hydrogen) atoms. The Morgan fingerprint density at radius 3 is 2.62 bits per heavy atom. The van der Waals surface area contributed by atoms with Crippen LogP contribution in [-0.4, -0.2) is 32.5 Å². The average molecular weight is 565 g/mol. The van der Waals surface area contributed by atoms with E-state index in [2.05, 4.69) is 36.8 Å². The Kier molecular flexibility index (Phi) is 10.3. The minimum atomic E-state index is -0.259. The maximum absolute atomic E-state index is 13.9. The molecule has 0 aliphatic heterocycles. The van der Waals surface area contributed by atoms with Gasteiger partial charge < -0.3 is 10.1 Å². The topological polar surface area (TPSA) is 64.9 Å². The maximum atomic E-state index is 13.9. The summed E-state index contributed by atoms with van der Waals surface area (Å²) in [6.45, 7) is 1.67. The van der Waals surface area contributed by atoms with Crippen molar-refractivity contribution >= 4 is 40.1 Å². The van der Waals surface area contributed by atoms with E-state index in [-0.39, 0.29) is 24.8 Å². The SMILES string of the molecule is Cl.Fc1ccccc1COc1ccc(Br)cc1CNCCCSc1nnnn1-c1ccccc1. The van der Waals surface area contributed by atoms with Crippen LogP contribution in [0.4, 0.5) is 4.39 Å². The molecule has 0 atom stereocenters. The summed E-state index contributed by atoms with van der Waals surface area (Å²) in [4.78, 5) is 0. The molecular weight excluding hydrogens is 541 g/mol. The molecule has 0 radical (unpaired) electrons. The Balaban J connectivity index is 0.00000324. The fourth-order valence-electron chi connectivity index (χ4n) is 3.18. The van der Waals surface area contributed by atoms with Crippen molar-refractivity contribution in [3.8, 4) is 11.4 Å². The highest BCUT2D eigenvalue weighted by molar-refractivity contribution is 9.10. The summed E-state index contributed by atoms with van der Waals surface area (Å²) in [6, 6.07) is 22.4. The molecule has 0 saturated heterocycles. The van der Waals surface area contributed by atoms with E-state index in [0.717, 1.165) is 45.3 Å². The fraction of sp³-hybridized carbons (Fsp3) is 0.208. The van der Waals surface area contributed by atoms with E-state index in [4.69, 9.17) is 4.74 Å². The maximum Gasteiger partial charge on any atom is 0.214 e. The van der Waals surface area contributed by atoms with Gasteiger partial charge in [0.25, 0.3) is 0 Å². The zero-order valence-corrected chi connectivity index (χ0v) is 21.5. The van der Waals surface area contributed by atoms with Gasteiger partial charge in [0, 0.05) is 27.9 Å². The first kappa shape index (κ1) is 26.2. The zero-order valence-electron chi connectivity index (χ0n) is 18.2. The van der Waals surface area contributed by atoms with E-state index in [1.807, 2.05) is 54.6 Å². The van der Waals surface area contributed by atoms with Gasteiger partial charge in [-0.25, -0.2) is 4.39 Å². The van der Waals surface area contributed by atoms with Crippen LogP contribution in [-0.2, 0) is 13.2 Å². The third kappa shape index (κ3) is 7.27. The number of thioether (sulfide) groups is 1. The highest BCUT2D eigenvalue weighted by atomic mass is 79.9. The van der Waals surface area contributed by atoms with E-state index in [1.54, 1.807) is 28.6 Å². The van der Waals surface area contributed by atoms with Crippen molar-refractivity contribution in [1.29, 1.82) is 0 Å². The lowest BCUT2D eigenvalue weighted by Crippen LogP contribution is -2.16. The number of nitrogens with zero attached hydrogens (tertiary/aromatic N) is 4. The second-order valence-corrected chi connectivity index (χ2v) is 9.20. The van der Waals surface area contributed by atoms with Crippen molar-refractivity contribution in [3.63, 3.8) is 0 Å². The van der Waals surface area contributed by atoms with Crippen LogP contribution in [0.2, 0.25) is 0 Å². The lowest BCUT2D eigenvalue weighted by Gasteiger charge is -2.13. The summed E-state index contributed by atoms with van der Waals surface area (Å²) < 4.78 is 22.5. The van der Waals surface area contributed by atoms with Crippen LogP contribution in [0.3, 0.4) is 0 Å². The van der Waals surface area contributed by atoms with Crippen LogP contribution < -0.4 is 10.1 Å². The summed E-state index contributed by atoms with van der Waals surface area (Å²) in [7, 11) is 0. The lowest BCUT2D eigenvalue weighted by molar-refractivity contribution is 0.296. The van der Waals surface area contributed by atoms with Crippen molar-refractivity contribution in [1.82, 2.24) is 25.5 Å². The highest BCUT2D eigenvalue weighted by Gasteiger charge is 2.09. The van der Waals surface area contributed by atoms with E-state index in [9.17, 15) is 4.39 Å². The van der Waals surface area contributed by atoms with Gasteiger partial charge in [0.2, 0.25) is 5.16 Å². The Morgan fingerprint density at radius 1 is 1.00 bits per heavy atom. The van der Waals surface area contributed by atoms with Gasteiger partial charge in [-0.15, -0.1) is 17.5 Å². The van der Waals surface area contributed by atoms with Crippen molar-refractivity contribution < 1.29 is 9.13 Å². The van der Waals surface area contributed by atoms with Gasteiger partial charge >= 0.3 is 0 Å². The van der Waals surface area contributed by atoms with E-state index >= 15 is 0 Å². The molecule has 3 aromatic carbocycles. The molecule has 0 amide bonds. The molecule has 1 heterocycles.